The summed E-state index contributed by atoms with van der Waals surface area (Å²) >= 11 is 4.62. The molecular weight excluding hydrogens is 242 g/mol. The van der Waals surface area contributed by atoms with Gasteiger partial charge in [0, 0.05) is 5.38 Å². The largest absolute Gasteiger partial charge is 0.469 e. The third kappa shape index (κ3) is 1.84. The van der Waals surface area contributed by atoms with Crippen molar-refractivity contribution < 1.29 is 9.53 Å². The highest BCUT2D eigenvalue weighted by Gasteiger charge is 2.20. The molecule has 1 aromatic heterocycles. The fourth-order valence-electron chi connectivity index (χ4n) is 0.808. The second kappa shape index (κ2) is 4.00. The van der Waals surface area contributed by atoms with E-state index in [0.29, 0.717) is 0 Å². The van der Waals surface area contributed by atoms with E-state index in [1.165, 1.54) is 18.6 Å². The summed E-state index contributed by atoms with van der Waals surface area (Å²) in [5.41, 5.74) is 0.742. The molecule has 0 saturated carbocycles. The van der Waals surface area contributed by atoms with Gasteiger partial charge in [-0.3, -0.25) is 4.79 Å². The van der Waals surface area contributed by atoms with Gasteiger partial charge in [0.2, 0.25) is 0 Å². The predicted molar refractivity (Wildman–Crippen MR) is 50.2 cm³/mol. The second-order valence-corrected chi connectivity index (χ2v) is 3.78. The van der Waals surface area contributed by atoms with Gasteiger partial charge in [-0.25, -0.2) is 0 Å². The van der Waals surface area contributed by atoms with E-state index in [-0.39, 0.29) is 11.9 Å². The van der Waals surface area contributed by atoms with Crippen molar-refractivity contribution >= 4 is 33.4 Å². The van der Waals surface area contributed by atoms with Gasteiger partial charge in [0.15, 0.2) is 0 Å². The van der Waals surface area contributed by atoms with E-state index in [0.717, 1.165) is 10.2 Å². The zero-order valence-electron chi connectivity index (χ0n) is 6.70. The summed E-state index contributed by atoms with van der Waals surface area (Å²) in [5.74, 6) is -0.558. The van der Waals surface area contributed by atoms with Crippen molar-refractivity contribution in [3.05, 3.63) is 15.5 Å². The van der Waals surface area contributed by atoms with Crippen LogP contribution < -0.4 is 0 Å². The van der Waals surface area contributed by atoms with Crippen LogP contribution in [-0.2, 0) is 9.53 Å². The van der Waals surface area contributed by atoms with Crippen LogP contribution in [0.1, 0.15) is 18.5 Å². The lowest BCUT2D eigenvalue weighted by atomic mass is 10.1. The minimum Gasteiger partial charge on any atom is -0.469 e. The number of aromatic nitrogens is 1. The first-order chi connectivity index (χ1) is 5.66. The van der Waals surface area contributed by atoms with E-state index in [4.69, 9.17) is 0 Å². The van der Waals surface area contributed by atoms with Crippen molar-refractivity contribution in [1.29, 1.82) is 0 Å². The summed E-state index contributed by atoms with van der Waals surface area (Å²) < 4.78 is 9.54. The zero-order valence-corrected chi connectivity index (χ0v) is 9.11. The van der Waals surface area contributed by atoms with Crippen LogP contribution in [0.3, 0.4) is 0 Å². The molecule has 0 spiro atoms. The summed E-state index contributed by atoms with van der Waals surface area (Å²) in [4.78, 5) is 11.1. The topological polar surface area (TPSA) is 39.2 Å². The van der Waals surface area contributed by atoms with E-state index in [1.807, 2.05) is 5.38 Å². The van der Waals surface area contributed by atoms with Crippen molar-refractivity contribution in [2.75, 3.05) is 7.11 Å². The van der Waals surface area contributed by atoms with Crippen molar-refractivity contribution in [2.45, 2.75) is 12.8 Å². The molecule has 3 nitrogen and oxygen atoms in total. The maximum atomic E-state index is 11.1. The van der Waals surface area contributed by atoms with Crippen LogP contribution in [0.25, 0.3) is 0 Å². The van der Waals surface area contributed by atoms with Gasteiger partial charge in [0.25, 0.3) is 0 Å². The number of hydrogen-bond acceptors (Lipinski definition) is 4. The molecule has 1 heterocycles. The lowest BCUT2D eigenvalue weighted by Gasteiger charge is -2.05. The Morgan fingerprint density at radius 3 is 2.92 bits per heavy atom. The van der Waals surface area contributed by atoms with Crippen LogP contribution in [-0.4, -0.2) is 17.5 Å². The van der Waals surface area contributed by atoms with Crippen LogP contribution >= 0.6 is 27.5 Å². The molecule has 0 bridgehead atoms. The maximum absolute atomic E-state index is 11.1. The molecule has 0 aliphatic carbocycles. The number of methoxy groups -OCH3 is 1. The molecule has 1 rings (SSSR count). The molecule has 0 N–H and O–H groups in total. The average molecular weight is 250 g/mol. The molecule has 0 radical (unpaired) electrons. The van der Waals surface area contributed by atoms with Gasteiger partial charge in [-0.05, 0) is 34.4 Å². The van der Waals surface area contributed by atoms with Crippen molar-refractivity contribution in [2.24, 2.45) is 0 Å². The number of hydrogen-bond donors (Lipinski definition) is 0. The van der Waals surface area contributed by atoms with Gasteiger partial charge in [-0.2, -0.15) is 4.37 Å². The SMILES string of the molecule is COC(=O)C(C)c1nscc1Br. The molecule has 66 valence electrons. The predicted octanol–water partition coefficient (Wildman–Crippen LogP) is 2.18. The number of carbonyl (C=O) groups excluding carboxylic acids is 1. The molecule has 5 heteroatoms. The third-order valence-corrected chi connectivity index (χ3v) is 3.10. The number of ether oxygens (including phenoxy) is 1. The van der Waals surface area contributed by atoms with Gasteiger partial charge in [-0.15, -0.1) is 0 Å². The molecule has 0 fully saturated rings. The van der Waals surface area contributed by atoms with Crippen molar-refractivity contribution in [3.8, 4) is 0 Å². The third-order valence-electron chi connectivity index (χ3n) is 1.52. The monoisotopic (exact) mass is 249 g/mol. The van der Waals surface area contributed by atoms with E-state index in [9.17, 15) is 4.79 Å². The smallest absolute Gasteiger partial charge is 0.314 e. The van der Waals surface area contributed by atoms with Crippen LogP contribution in [0.4, 0.5) is 0 Å². The first-order valence-electron chi connectivity index (χ1n) is 3.34. The molecule has 1 unspecified atom stereocenters. The Labute approximate surface area is 83.0 Å². The molecule has 0 saturated heterocycles. The number of carbonyl (C=O) groups is 1. The van der Waals surface area contributed by atoms with Gasteiger partial charge >= 0.3 is 5.97 Å². The fourth-order valence-corrected chi connectivity index (χ4v) is 2.24. The summed E-state index contributed by atoms with van der Waals surface area (Å²) in [5, 5.41) is 1.84. The van der Waals surface area contributed by atoms with E-state index >= 15 is 0 Å². The Morgan fingerprint density at radius 2 is 2.50 bits per heavy atom. The number of halogens is 1. The first-order valence-corrected chi connectivity index (χ1v) is 4.97. The lowest BCUT2D eigenvalue weighted by molar-refractivity contribution is -0.142. The lowest BCUT2D eigenvalue weighted by Crippen LogP contribution is -2.11. The highest BCUT2D eigenvalue weighted by molar-refractivity contribution is 9.10. The minimum absolute atomic E-state index is 0.262. The summed E-state index contributed by atoms with van der Waals surface area (Å²) in [6, 6.07) is 0. The van der Waals surface area contributed by atoms with Crippen LogP contribution in [0.5, 0.6) is 0 Å². The normalized spacial score (nSPS) is 12.6. The Hall–Kier alpha value is -0.420. The maximum Gasteiger partial charge on any atom is 0.314 e. The molecule has 0 aliphatic rings. The standard InChI is InChI=1S/C7H8BrNO2S/c1-4(7(10)11-2)6-5(8)3-12-9-6/h3-4H,1-2H3. The Kier molecular flexibility index (Phi) is 3.22. The zero-order chi connectivity index (χ0) is 9.14. The van der Waals surface area contributed by atoms with Crippen LogP contribution in [0, 0.1) is 0 Å². The molecular formula is C7H8BrNO2S. The highest BCUT2D eigenvalue weighted by atomic mass is 79.9. The Bertz CT molecular complexity index is 287. The molecule has 1 atom stereocenters. The summed E-state index contributed by atoms with van der Waals surface area (Å²) in [6.45, 7) is 1.77. The van der Waals surface area contributed by atoms with Gasteiger partial charge in [0.1, 0.15) is 0 Å². The Morgan fingerprint density at radius 1 is 1.83 bits per heavy atom. The molecule has 1 aromatic rings. The average Bonchev–Trinajstić information content (AvgIpc) is 2.48. The molecule has 0 aliphatic heterocycles. The van der Waals surface area contributed by atoms with Crippen molar-refractivity contribution in [1.82, 2.24) is 4.37 Å². The molecule has 12 heavy (non-hydrogen) atoms. The quantitative estimate of drug-likeness (QED) is 0.755. The van der Waals surface area contributed by atoms with Crippen LogP contribution in [0.15, 0.2) is 9.85 Å². The number of rotatable bonds is 2. The molecule has 0 aromatic carbocycles. The highest BCUT2D eigenvalue weighted by Crippen LogP contribution is 2.25. The summed E-state index contributed by atoms with van der Waals surface area (Å²) in [7, 11) is 1.37. The first kappa shape index (κ1) is 9.67. The van der Waals surface area contributed by atoms with E-state index in [2.05, 4.69) is 25.0 Å². The fraction of sp³-hybridized carbons (Fsp3) is 0.429. The minimum atomic E-state index is -0.296. The van der Waals surface area contributed by atoms with Crippen molar-refractivity contribution in [3.63, 3.8) is 0 Å². The van der Waals surface area contributed by atoms with E-state index < -0.39 is 0 Å². The van der Waals surface area contributed by atoms with Crippen LogP contribution in [0.2, 0.25) is 0 Å². The second-order valence-electron chi connectivity index (χ2n) is 2.29. The van der Waals surface area contributed by atoms with E-state index in [1.54, 1.807) is 6.92 Å². The van der Waals surface area contributed by atoms with Gasteiger partial charge in [0.05, 0.1) is 23.2 Å². The number of esters is 1. The Balaban J connectivity index is 2.84. The summed E-state index contributed by atoms with van der Waals surface area (Å²) in [6.07, 6.45) is 0. The van der Waals surface area contributed by atoms with Gasteiger partial charge in [-0.1, -0.05) is 0 Å². The van der Waals surface area contributed by atoms with Gasteiger partial charge < -0.3 is 4.74 Å². The molecule has 0 amide bonds. The number of nitrogens with zero attached hydrogens (tertiary/aromatic N) is 1.